The van der Waals surface area contributed by atoms with Gasteiger partial charge in [0.2, 0.25) is 10.0 Å². The molecule has 1 aromatic rings. The third-order valence-corrected chi connectivity index (χ3v) is 4.54. The van der Waals surface area contributed by atoms with Crippen LogP contribution in [0.15, 0.2) is 17.0 Å². The second kappa shape index (κ2) is 6.78. The van der Waals surface area contributed by atoms with Crippen molar-refractivity contribution in [3.63, 3.8) is 0 Å². The number of rotatable bonds is 7. The van der Waals surface area contributed by atoms with Gasteiger partial charge in [0.1, 0.15) is 0 Å². The zero-order valence-corrected chi connectivity index (χ0v) is 12.6. The van der Waals surface area contributed by atoms with E-state index in [1.165, 1.54) is 6.07 Å². The van der Waals surface area contributed by atoms with Crippen molar-refractivity contribution < 1.29 is 13.3 Å². The first-order valence-corrected chi connectivity index (χ1v) is 7.74. The van der Waals surface area contributed by atoms with Gasteiger partial charge in [-0.1, -0.05) is 6.92 Å². The van der Waals surface area contributed by atoms with Crippen molar-refractivity contribution in [2.24, 2.45) is 0 Å². The van der Waals surface area contributed by atoms with Gasteiger partial charge in [-0.15, -0.1) is 0 Å². The molecule has 2 N–H and O–H groups in total. The molecule has 0 saturated carbocycles. The van der Waals surface area contributed by atoms with Crippen molar-refractivity contribution in [3.8, 4) is 0 Å². The van der Waals surface area contributed by atoms with Gasteiger partial charge in [0.05, 0.1) is 9.82 Å². The molecule has 112 valence electrons. The average molecular weight is 301 g/mol. The summed E-state index contributed by atoms with van der Waals surface area (Å²) in [7, 11) is -3.74. The monoisotopic (exact) mass is 301 g/mol. The second-order valence-electron chi connectivity index (χ2n) is 4.39. The number of hydrogen-bond acceptors (Lipinski definition) is 5. The van der Waals surface area contributed by atoms with E-state index in [1.54, 1.807) is 13.8 Å². The predicted molar refractivity (Wildman–Crippen MR) is 76.3 cm³/mol. The molecule has 0 radical (unpaired) electrons. The lowest BCUT2D eigenvalue weighted by Crippen LogP contribution is -2.32. The van der Waals surface area contributed by atoms with Crippen LogP contribution in [0, 0.1) is 24.0 Å². The molecule has 0 atom stereocenters. The van der Waals surface area contributed by atoms with Crippen LogP contribution in [0.1, 0.15) is 18.1 Å². The number of aryl methyl sites for hydroxylation is 1. The molecule has 0 unspecified atom stereocenters. The molecule has 20 heavy (non-hydrogen) atoms. The highest BCUT2D eigenvalue weighted by molar-refractivity contribution is 7.89. The van der Waals surface area contributed by atoms with Gasteiger partial charge in [0.25, 0.3) is 5.69 Å². The number of hydrogen-bond donors (Lipinski definition) is 2. The fraction of sp³-hybridized carbons (Fsp3) is 0.500. The maximum atomic E-state index is 12.2. The number of nitro groups is 1. The summed E-state index contributed by atoms with van der Waals surface area (Å²) in [5, 5.41) is 13.8. The first kappa shape index (κ1) is 16.5. The first-order chi connectivity index (χ1) is 9.29. The number of non-ortho nitro benzene ring substituents is 1. The zero-order valence-electron chi connectivity index (χ0n) is 11.8. The first-order valence-electron chi connectivity index (χ1n) is 6.25. The van der Waals surface area contributed by atoms with Gasteiger partial charge < -0.3 is 5.32 Å². The van der Waals surface area contributed by atoms with Crippen LogP contribution in [0.2, 0.25) is 0 Å². The minimum absolute atomic E-state index is 0.0410. The van der Waals surface area contributed by atoms with E-state index in [1.807, 2.05) is 6.92 Å². The summed E-state index contributed by atoms with van der Waals surface area (Å²) >= 11 is 0. The Labute approximate surface area is 118 Å². The summed E-state index contributed by atoms with van der Waals surface area (Å²) < 4.78 is 26.8. The Morgan fingerprint density at radius 1 is 1.25 bits per heavy atom. The van der Waals surface area contributed by atoms with E-state index >= 15 is 0 Å². The third-order valence-electron chi connectivity index (χ3n) is 2.95. The van der Waals surface area contributed by atoms with Gasteiger partial charge >= 0.3 is 0 Å². The molecule has 1 rings (SSSR count). The van der Waals surface area contributed by atoms with Gasteiger partial charge in [-0.05, 0) is 31.5 Å². The van der Waals surface area contributed by atoms with Crippen LogP contribution < -0.4 is 10.0 Å². The maximum absolute atomic E-state index is 12.2. The Morgan fingerprint density at radius 3 is 2.45 bits per heavy atom. The summed E-state index contributed by atoms with van der Waals surface area (Å²) in [5.74, 6) is 0. The predicted octanol–water partition coefficient (Wildman–Crippen LogP) is 1.10. The highest BCUT2D eigenvalue weighted by Crippen LogP contribution is 2.25. The van der Waals surface area contributed by atoms with E-state index in [9.17, 15) is 18.5 Å². The van der Waals surface area contributed by atoms with E-state index in [-0.39, 0.29) is 17.1 Å². The third kappa shape index (κ3) is 3.99. The molecule has 0 saturated heterocycles. The molecule has 0 aromatic heterocycles. The number of nitro benzene ring substituents is 1. The van der Waals surface area contributed by atoms with Crippen molar-refractivity contribution in [1.29, 1.82) is 0 Å². The molecule has 0 aliphatic heterocycles. The average Bonchev–Trinajstić information content (AvgIpc) is 2.37. The number of nitrogens with zero attached hydrogens (tertiary/aromatic N) is 1. The normalized spacial score (nSPS) is 11.6. The number of likely N-dealkylation sites (N-methyl/N-ethyl adjacent to an activating group) is 1. The van der Waals surface area contributed by atoms with E-state index < -0.39 is 14.9 Å². The lowest BCUT2D eigenvalue weighted by atomic mass is 10.1. The minimum atomic E-state index is -3.74. The molecule has 0 amide bonds. The van der Waals surface area contributed by atoms with Crippen LogP contribution in [0.5, 0.6) is 0 Å². The molecule has 0 aliphatic carbocycles. The topological polar surface area (TPSA) is 101 Å². The van der Waals surface area contributed by atoms with Crippen LogP contribution in [0.4, 0.5) is 5.69 Å². The Hall–Kier alpha value is -1.51. The van der Waals surface area contributed by atoms with Crippen molar-refractivity contribution in [2.45, 2.75) is 25.7 Å². The van der Waals surface area contributed by atoms with E-state index in [0.717, 1.165) is 12.6 Å². The Kier molecular flexibility index (Phi) is 5.61. The van der Waals surface area contributed by atoms with Crippen LogP contribution in [0.3, 0.4) is 0 Å². The summed E-state index contributed by atoms with van der Waals surface area (Å²) in [6.07, 6.45) is 0. The SMILES string of the molecule is CCNCCNS(=O)(=O)c1cc([N+](=O)[O-])cc(C)c1C. The molecular weight excluding hydrogens is 282 g/mol. The smallest absolute Gasteiger partial charge is 0.271 e. The van der Waals surface area contributed by atoms with Crippen molar-refractivity contribution in [3.05, 3.63) is 33.4 Å². The molecule has 1 aromatic carbocycles. The fourth-order valence-corrected chi connectivity index (χ4v) is 3.09. The molecule has 0 aliphatic rings. The summed E-state index contributed by atoms with van der Waals surface area (Å²) in [6.45, 7) is 6.69. The summed E-state index contributed by atoms with van der Waals surface area (Å²) in [6, 6.07) is 2.46. The minimum Gasteiger partial charge on any atom is -0.316 e. The van der Waals surface area contributed by atoms with Gasteiger partial charge in [-0.3, -0.25) is 10.1 Å². The Morgan fingerprint density at radius 2 is 1.90 bits per heavy atom. The Bertz CT molecular complexity index is 599. The van der Waals surface area contributed by atoms with Crippen LogP contribution in [0.25, 0.3) is 0 Å². The number of sulfonamides is 1. The quantitative estimate of drug-likeness (QED) is 0.446. The number of nitrogens with one attached hydrogen (secondary N) is 2. The molecular formula is C12H19N3O4S. The molecule has 8 heteroatoms. The highest BCUT2D eigenvalue weighted by atomic mass is 32.2. The zero-order chi connectivity index (χ0) is 15.3. The standard InChI is InChI=1S/C12H19N3O4S/c1-4-13-5-6-14-20(18,19)12-8-11(15(16)17)7-9(2)10(12)3/h7-8,13-14H,4-6H2,1-3H3. The largest absolute Gasteiger partial charge is 0.316 e. The van der Waals surface area contributed by atoms with Crippen molar-refractivity contribution >= 4 is 15.7 Å². The van der Waals surface area contributed by atoms with Gasteiger partial charge in [0.15, 0.2) is 0 Å². The Balaban J connectivity index is 3.07. The van der Waals surface area contributed by atoms with E-state index in [0.29, 0.717) is 17.7 Å². The van der Waals surface area contributed by atoms with Crippen LogP contribution in [-0.4, -0.2) is 33.0 Å². The van der Waals surface area contributed by atoms with Crippen LogP contribution >= 0.6 is 0 Å². The highest BCUT2D eigenvalue weighted by Gasteiger charge is 2.21. The fourth-order valence-electron chi connectivity index (χ4n) is 1.72. The van der Waals surface area contributed by atoms with Crippen molar-refractivity contribution in [2.75, 3.05) is 19.6 Å². The van der Waals surface area contributed by atoms with Gasteiger partial charge in [-0.2, -0.15) is 0 Å². The molecule has 0 fully saturated rings. The number of benzene rings is 1. The van der Waals surface area contributed by atoms with Gasteiger partial charge in [-0.25, -0.2) is 13.1 Å². The van der Waals surface area contributed by atoms with Gasteiger partial charge in [0, 0.05) is 25.2 Å². The van der Waals surface area contributed by atoms with Crippen molar-refractivity contribution in [1.82, 2.24) is 10.0 Å². The van der Waals surface area contributed by atoms with Crippen LogP contribution in [-0.2, 0) is 10.0 Å². The van der Waals surface area contributed by atoms with E-state index in [2.05, 4.69) is 10.0 Å². The molecule has 0 bridgehead atoms. The lowest BCUT2D eigenvalue weighted by Gasteiger charge is -2.11. The maximum Gasteiger partial charge on any atom is 0.271 e. The molecule has 0 spiro atoms. The van der Waals surface area contributed by atoms with E-state index in [4.69, 9.17) is 0 Å². The summed E-state index contributed by atoms with van der Waals surface area (Å²) in [5.41, 5.74) is 0.873. The second-order valence-corrected chi connectivity index (χ2v) is 6.13. The lowest BCUT2D eigenvalue weighted by molar-refractivity contribution is -0.385. The molecule has 7 nitrogen and oxygen atoms in total. The summed E-state index contributed by atoms with van der Waals surface area (Å²) in [4.78, 5) is 10.2. The molecule has 0 heterocycles.